The summed E-state index contributed by atoms with van der Waals surface area (Å²) in [5.74, 6) is 0. The Hall–Kier alpha value is -1.26. The average molecular weight is 261 g/mol. The zero-order valence-electron chi connectivity index (χ0n) is 10.9. The minimum atomic E-state index is 0.328. The Bertz CT molecular complexity index is 467. The van der Waals surface area contributed by atoms with Crippen LogP contribution in [0.15, 0.2) is 30.6 Å². The summed E-state index contributed by atoms with van der Waals surface area (Å²) in [6.45, 7) is 5.29. The Labute approximate surface area is 112 Å². The second kappa shape index (κ2) is 6.61. The molecule has 18 heavy (non-hydrogen) atoms. The molecular formula is C14H19N3S. The lowest BCUT2D eigenvalue weighted by molar-refractivity contribution is 0.550. The van der Waals surface area contributed by atoms with Gasteiger partial charge in [0, 0.05) is 28.4 Å². The van der Waals surface area contributed by atoms with Gasteiger partial charge in [0.15, 0.2) is 0 Å². The fourth-order valence-corrected chi connectivity index (χ4v) is 2.99. The number of hydrogen-bond donors (Lipinski definition) is 1. The molecule has 0 aliphatic carbocycles. The van der Waals surface area contributed by atoms with Crippen LogP contribution in [0.5, 0.6) is 0 Å². The van der Waals surface area contributed by atoms with Crippen molar-refractivity contribution in [2.75, 3.05) is 6.54 Å². The molecule has 2 aromatic heterocycles. The topological polar surface area (TPSA) is 37.8 Å². The molecule has 96 valence electrons. The number of nitrogens with zero attached hydrogens (tertiary/aromatic N) is 2. The standard InChI is InChI=1S/C14H19N3S/c1-3-12-5-6-13(18-12)9-14(15-4-2)11-7-8-16-17-10-11/h5-8,10,14-15H,3-4,9H2,1-2H3. The molecule has 3 nitrogen and oxygen atoms in total. The van der Waals surface area contributed by atoms with Crippen LogP contribution in [0.2, 0.25) is 0 Å². The maximum absolute atomic E-state index is 3.96. The molecule has 0 aliphatic rings. The van der Waals surface area contributed by atoms with E-state index in [1.807, 2.05) is 23.6 Å². The fourth-order valence-electron chi connectivity index (χ4n) is 1.98. The first kappa shape index (κ1) is 13.2. The SMILES string of the molecule is CCNC(Cc1ccc(CC)s1)c1ccnnc1. The fraction of sp³-hybridized carbons (Fsp3) is 0.429. The number of rotatable bonds is 6. The van der Waals surface area contributed by atoms with Gasteiger partial charge < -0.3 is 5.32 Å². The Morgan fingerprint density at radius 1 is 1.17 bits per heavy atom. The van der Waals surface area contributed by atoms with Crippen molar-refractivity contribution in [1.82, 2.24) is 15.5 Å². The van der Waals surface area contributed by atoms with Gasteiger partial charge in [0.1, 0.15) is 0 Å². The van der Waals surface area contributed by atoms with E-state index in [2.05, 4.69) is 41.5 Å². The molecule has 0 amide bonds. The van der Waals surface area contributed by atoms with E-state index >= 15 is 0 Å². The number of aryl methyl sites for hydroxylation is 1. The Kier molecular flexibility index (Phi) is 4.84. The summed E-state index contributed by atoms with van der Waals surface area (Å²) in [6, 6.07) is 6.83. The van der Waals surface area contributed by atoms with Crippen molar-refractivity contribution in [3.05, 3.63) is 45.9 Å². The molecule has 0 aromatic carbocycles. The van der Waals surface area contributed by atoms with Gasteiger partial charge in [-0.2, -0.15) is 10.2 Å². The van der Waals surface area contributed by atoms with Crippen molar-refractivity contribution in [3.8, 4) is 0 Å². The van der Waals surface area contributed by atoms with Crippen LogP contribution in [-0.4, -0.2) is 16.7 Å². The third-order valence-corrected chi connectivity index (χ3v) is 4.18. The summed E-state index contributed by atoms with van der Waals surface area (Å²) in [6.07, 6.45) is 5.74. The van der Waals surface area contributed by atoms with E-state index in [0.717, 1.165) is 19.4 Å². The minimum Gasteiger partial charge on any atom is -0.310 e. The lowest BCUT2D eigenvalue weighted by Gasteiger charge is -2.16. The predicted octanol–water partition coefficient (Wildman–Crippen LogP) is 2.99. The molecule has 2 heterocycles. The van der Waals surface area contributed by atoms with E-state index < -0.39 is 0 Å². The van der Waals surface area contributed by atoms with Gasteiger partial charge in [-0.1, -0.05) is 13.8 Å². The molecule has 0 radical (unpaired) electrons. The van der Waals surface area contributed by atoms with Crippen LogP contribution >= 0.6 is 11.3 Å². The van der Waals surface area contributed by atoms with Gasteiger partial charge in [0.2, 0.25) is 0 Å². The van der Waals surface area contributed by atoms with Crippen LogP contribution in [-0.2, 0) is 12.8 Å². The van der Waals surface area contributed by atoms with Crippen LogP contribution in [0.4, 0.5) is 0 Å². The van der Waals surface area contributed by atoms with Gasteiger partial charge in [0.05, 0.1) is 6.20 Å². The molecule has 4 heteroatoms. The Morgan fingerprint density at radius 3 is 2.61 bits per heavy atom. The molecule has 2 rings (SSSR count). The molecule has 0 saturated carbocycles. The van der Waals surface area contributed by atoms with E-state index in [9.17, 15) is 0 Å². The van der Waals surface area contributed by atoms with E-state index in [0.29, 0.717) is 6.04 Å². The molecule has 1 N–H and O–H groups in total. The number of hydrogen-bond acceptors (Lipinski definition) is 4. The summed E-state index contributed by atoms with van der Waals surface area (Å²) in [4.78, 5) is 2.88. The van der Waals surface area contributed by atoms with E-state index in [1.165, 1.54) is 15.3 Å². The second-order valence-electron chi connectivity index (χ2n) is 4.21. The molecule has 0 saturated heterocycles. The van der Waals surface area contributed by atoms with Crippen molar-refractivity contribution < 1.29 is 0 Å². The van der Waals surface area contributed by atoms with Crippen LogP contribution < -0.4 is 5.32 Å². The molecule has 1 atom stereocenters. The highest BCUT2D eigenvalue weighted by Crippen LogP contribution is 2.23. The highest BCUT2D eigenvalue weighted by molar-refractivity contribution is 7.11. The maximum atomic E-state index is 3.96. The minimum absolute atomic E-state index is 0.328. The molecule has 0 spiro atoms. The van der Waals surface area contributed by atoms with Crippen molar-refractivity contribution in [2.45, 2.75) is 32.7 Å². The van der Waals surface area contributed by atoms with Crippen LogP contribution in [0.25, 0.3) is 0 Å². The van der Waals surface area contributed by atoms with Gasteiger partial charge in [0.25, 0.3) is 0 Å². The molecule has 1 unspecified atom stereocenters. The summed E-state index contributed by atoms with van der Waals surface area (Å²) in [5, 5.41) is 11.3. The predicted molar refractivity (Wildman–Crippen MR) is 75.9 cm³/mol. The average Bonchev–Trinajstić information content (AvgIpc) is 2.87. The number of nitrogens with one attached hydrogen (secondary N) is 1. The van der Waals surface area contributed by atoms with E-state index in [-0.39, 0.29) is 0 Å². The molecule has 2 aromatic rings. The van der Waals surface area contributed by atoms with Crippen LogP contribution in [0, 0.1) is 0 Å². The zero-order valence-corrected chi connectivity index (χ0v) is 11.7. The smallest absolute Gasteiger partial charge is 0.0544 e. The normalized spacial score (nSPS) is 12.6. The molecule has 0 bridgehead atoms. The van der Waals surface area contributed by atoms with Crippen molar-refractivity contribution in [3.63, 3.8) is 0 Å². The van der Waals surface area contributed by atoms with Crippen molar-refractivity contribution in [1.29, 1.82) is 0 Å². The quantitative estimate of drug-likeness (QED) is 0.868. The first-order valence-electron chi connectivity index (χ1n) is 6.41. The Balaban J connectivity index is 2.11. The van der Waals surface area contributed by atoms with Gasteiger partial charge in [-0.25, -0.2) is 0 Å². The monoisotopic (exact) mass is 261 g/mol. The van der Waals surface area contributed by atoms with Crippen LogP contribution in [0.3, 0.4) is 0 Å². The molecule has 0 fully saturated rings. The van der Waals surface area contributed by atoms with E-state index in [4.69, 9.17) is 0 Å². The Morgan fingerprint density at radius 2 is 2.00 bits per heavy atom. The second-order valence-corrected chi connectivity index (χ2v) is 5.46. The van der Waals surface area contributed by atoms with Crippen molar-refractivity contribution in [2.24, 2.45) is 0 Å². The molecule has 0 aliphatic heterocycles. The number of likely N-dealkylation sites (N-methyl/N-ethyl adjacent to an activating group) is 1. The highest BCUT2D eigenvalue weighted by atomic mass is 32.1. The van der Waals surface area contributed by atoms with Crippen molar-refractivity contribution >= 4 is 11.3 Å². The van der Waals surface area contributed by atoms with Crippen LogP contribution in [0.1, 0.15) is 35.2 Å². The van der Waals surface area contributed by atoms with Gasteiger partial charge in [-0.3, -0.25) is 0 Å². The molecular weight excluding hydrogens is 242 g/mol. The summed E-state index contributed by atoms with van der Waals surface area (Å²) in [5.41, 5.74) is 1.21. The lowest BCUT2D eigenvalue weighted by atomic mass is 10.1. The van der Waals surface area contributed by atoms with Gasteiger partial charge >= 0.3 is 0 Å². The third kappa shape index (κ3) is 3.37. The summed E-state index contributed by atoms with van der Waals surface area (Å²) in [7, 11) is 0. The van der Waals surface area contributed by atoms with Gasteiger partial charge in [-0.15, -0.1) is 11.3 Å². The third-order valence-electron chi connectivity index (χ3n) is 2.93. The lowest BCUT2D eigenvalue weighted by Crippen LogP contribution is -2.22. The largest absolute Gasteiger partial charge is 0.310 e. The van der Waals surface area contributed by atoms with Gasteiger partial charge in [-0.05, 0) is 36.7 Å². The first-order chi connectivity index (χ1) is 8.83. The zero-order chi connectivity index (χ0) is 12.8. The number of aromatic nitrogens is 2. The first-order valence-corrected chi connectivity index (χ1v) is 7.22. The van der Waals surface area contributed by atoms with E-state index in [1.54, 1.807) is 6.20 Å². The summed E-state index contributed by atoms with van der Waals surface area (Å²) >= 11 is 1.91. The number of thiophene rings is 1. The summed E-state index contributed by atoms with van der Waals surface area (Å²) < 4.78 is 0. The maximum Gasteiger partial charge on any atom is 0.0544 e. The highest BCUT2D eigenvalue weighted by Gasteiger charge is 2.12.